The summed E-state index contributed by atoms with van der Waals surface area (Å²) in [6, 6.07) is -1.78. The molecule has 3 N–H and O–H groups in total. The third kappa shape index (κ3) is 4.67. The van der Waals surface area contributed by atoms with Crippen LogP contribution in [0.1, 0.15) is 24.3 Å². The molecule has 8 nitrogen and oxygen atoms in total. The highest BCUT2D eigenvalue weighted by atomic mass is 35.5. The zero-order valence-electron chi connectivity index (χ0n) is 17.3. The minimum atomic E-state index is -4.92. The number of aliphatic hydroxyl groups is 1. The monoisotopic (exact) mass is 487 g/mol. The average molecular weight is 488 g/mol. The molecule has 0 aliphatic carbocycles. The van der Waals surface area contributed by atoms with E-state index in [4.69, 9.17) is 16.0 Å². The first kappa shape index (κ1) is 23.1. The summed E-state index contributed by atoms with van der Waals surface area (Å²) < 4.78 is 60.3. The lowest BCUT2D eigenvalue weighted by molar-refractivity contribution is -0.158. The zero-order valence-corrected chi connectivity index (χ0v) is 18.1. The first-order valence-electron chi connectivity index (χ1n) is 9.66. The van der Waals surface area contributed by atoms with Crippen LogP contribution >= 0.6 is 11.6 Å². The van der Waals surface area contributed by atoms with Crippen LogP contribution in [-0.2, 0) is 0 Å². The summed E-state index contributed by atoms with van der Waals surface area (Å²) in [5.74, 6) is -1.04. The minimum absolute atomic E-state index is 0.00728. The van der Waals surface area contributed by atoms with Crippen molar-refractivity contribution >= 4 is 40.2 Å². The molecule has 0 radical (unpaired) electrons. The maximum atomic E-state index is 13.8. The van der Waals surface area contributed by atoms with Crippen molar-refractivity contribution < 1.29 is 31.9 Å². The second-order valence-electron chi connectivity index (χ2n) is 8.05. The molecule has 2 amide bonds. The van der Waals surface area contributed by atoms with E-state index in [0.29, 0.717) is 19.0 Å². The van der Waals surface area contributed by atoms with Crippen molar-refractivity contribution in [2.24, 2.45) is 0 Å². The fourth-order valence-corrected chi connectivity index (χ4v) is 3.84. The molecule has 1 atom stereocenters. The van der Waals surface area contributed by atoms with Crippen molar-refractivity contribution in [3.63, 3.8) is 0 Å². The Labute approximate surface area is 189 Å². The van der Waals surface area contributed by atoms with Crippen LogP contribution < -0.4 is 15.5 Å². The Bertz CT molecular complexity index is 1210. The number of carbonyl (C=O) groups is 1. The van der Waals surface area contributed by atoms with E-state index in [1.54, 1.807) is 11.8 Å². The predicted octanol–water partition coefficient (Wildman–Crippen LogP) is 4.32. The number of halogens is 5. The highest BCUT2D eigenvalue weighted by Gasteiger charge is 2.45. The molecule has 1 aliphatic rings. The smallest absolute Gasteiger partial charge is 0.416 e. The summed E-state index contributed by atoms with van der Waals surface area (Å²) in [5.41, 5.74) is -0.906. The van der Waals surface area contributed by atoms with Gasteiger partial charge in [0.1, 0.15) is 11.6 Å². The molecular formula is C20H18ClF4N5O3. The van der Waals surface area contributed by atoms with E-state index < -0.39 is 35.4 Å². The van der Waals surface area contributed by atoms with Gasteiger partial charge in [0, 0.05) is 10.9 Å². The first-order chi connectivity index (χ1) is 15.3. The van der Waals surface area contributed by atoms with Gasteiger partial charge in [-0.05, 0) is 26.0 Å². The Balaban J connectivity index is 1.52. The summed E-state index contributed by atoms with van der Waals surface area (Å²) >= 11 is 5.90. The molecule has 0 bridgehead atoms. The van der Waals surface area contributed by atoms with Crippen molar-refractivity contribution in [3.8, 4) is 0 Å². The van der Waals surface area contributed by atoms with Crippen molar-refractivity contribution in [3.05, 3.63) is 46.7 Å². The van der Waals surface area contributed by atoms with Gasteiger partial charge in [-0.3, -0.25) is 0 Å². The van der Waals surface area contributed by atoms with Gasteiger partial charge in [0.2, 0.25) is 5.95 Å². The lowest BCUT2D eigenvalue weighted by Crippen LogP contribution is -2.60. The van der Waals surface area contributed by atoms with Gasteiger partial charge in [-0.2, -0.15) is 13.2 Å². The van der Waals surface area contributed by atoms with Crippen LogP contribution in [-0.4, -0.2) is 46.0 Å². The number of benzene rings is 1. The van der Waals surface area contributed by atoms with Crippen LogP contribution in [0.2, 0.25) is 5.02 Å². The van der Waals surface area contributed by atoms with Crippen LogP contribution in [0.15, 0.2) is 28.9 Å². The van der Waals surface area contributed by atoms with E-state index >= 15 is 0 Å². The summed E-state index contributed by atoms with van der Waals surface area (Å²) in [5, 5.41) is 13.7. The molecule has 2 aromatic heterocycles. The van der Waals surface area contributed by atoms with Gasteiger partial charge in [0.05, 0.1) is 41.8 Å². The summed E-state index contributed by atoms with van der Waals surface area (Å²) in [4.78, 5) is 22.1. The number of anilines is 2. The fraction of sp³-hybridized carbons (Fsp3) is 0.350. The summed E-state index contributed by atoms with van der Waals surface area (Å²) in [6.07, 6.45) is -2.46. The molecule has 176 valence electrons. The predicted molar refractivity (Wildman–Crippen MR) is 112 cm³/mol. The second-order valence-corrected chi connectivity index (χ2v) is 8.46. The number of furan rings is 1. The first-order valence-corrected chi connectivity index (χ1v) is 10.0. The number of nitrogens with one attached hydrogen (secondary N) is 2. The number of rotatable bonds is 4. The van der Waals surface area contributed by atoms with E-state index in [1.165, 1.54) is 19.3 Å². The molecule has 1 aliphatic heterocycles. The SMILES string of the molecule is Cc1c(C(NC(=O)Nc2cnc(N3CC(C)(O)C3)nc2)C(F)(F)F)oc2c(Cl)cc(F)cc12. The standard InChI is InChI=1S/C20H18ClF4N5O3/c1-9-12-3-10(22)4-13(21)15(12)33-14(9)16(20(23,24)25)29-18(31)28-11-5-26-17(27-6-11)30-7-19(2,32)8-30/h3-6,16,32H,7-8H2,1-2H3,(H2,28,29,31). The molecule has 1 unspecified atom stereocenters. The molecule has 33 heavy (non-hydrogen) atoms. The van der Waals surface area contributed by atoms with Crippen LogP contribution in [0.4, 0.5) is 34.0 Å². The number of nitrogens with zero attached hydrogens (tertiary/aromatic N) is 3. The maximum absolute atomic E-state index is 13.8. The summed E-state index contributed by atoms with van der Waals surface area (Å²) in [7, 11) is 0. The van der Waals surface area contributed by atoms with Crippen LogP contribution in [0.5, 0.6) is 0 Å². The van der Waals surface area contributed by atoms with E-state index in [9.17, 15) is 27.5 Å². The van der Waals surface area contributed by atoms with Gasteiger partial charge in [-0.15, -0.1) is 0 Å². The number of aryl methyl sites for hydroxylation is 1. The Kier molecular flexibility index (Phi) is 5.61. The van der Waals surface area contributed by atoms with Crippen molar-refractivity contribution in [1.29, 1.82) is 0 Å². The van der Waals surface area contributed by atoms with Gasteiger partial charge < -0.3 is 25.1 Å². The van der Waals surface area contributed by atoms with Crippen LogP contribution in [0, 0.1) is 12.7 Å². The second kappa shape index (κ2) is 8.03. The lowest BCUT2D eigenvalue weighted by atomic mass is 9.98. The number of fused-ring (bicyclic) bond motifs is 1. The van der Waals surface area contributed by atoms with Crippen molar-refractivity contribution in [2.45, 2.75) is 31.7 Å². The van der Waals surface area contributed by atoms with Crippen LogP contribution in [0.3, 0.4) is 0 Å². The number of carbonyl (C=O) groups excluding carboxylic acids is 1. The third-order valence-corrected chi connectivity index (χ3v) is 5.38. The number of urea groups is 1. The largest absolute Gasteiger partial charge is 0.457 e. The molecule has 0 spiro atoms. The molecule has 0 saturated carbocycles. The average Bonchev–Trinajstić information content (AvgIpc) is 3.01. The molecule has 3 aromatic rings. The third-order valence-electron chi connectivity index (χ3n) is 5.10. The Morgan fingerprint density at radius 3 is 2.52 bits per heavy atom. The number of hydrogen-bond acceptors (Lipinski definition) is 6. The number of hydrogen-bond donors (Lipinski definition) is 3. The normalized spacial score (nSPS) is 16.4. The number of β-amino-alcohol motifs (C(OH)–C–C–N with tert-alkyl or cyclic N) is 1. The molecule has 1 fully saturated rings. The van der Waals surface area contributed by atoms with E-state index in [-0.39, 0.29) is 27.2 Å². The quantitative estimate of drug-likeness (QED) is 0.474. The van der Waals surface area contributed by atoms with Crippen molar-refractivity contribution in [1.82, 2.24) is 15.3 Å². The van der Waals surface area contributed by atoms with Crippen molar-refractivity contribution in [2.75, 3.05) is 23.3 Å². The molecule has 1 aromatic carbocycles. The van der Waals surface area contributed by atoms with Gasteiger partial charge in [-0.25, -0.2) is 19.2 Å². The highest BCUT2D eigenvalue weighted by Crippen LogP contribution is 2.40. The Morgan fingerprint density at radius 2 is 1.94 bits per heavy atom. The Hall–Kier alpha value is -3.12. The zero-order chi connectivity index (χ0) is 24.1. The molecular weight excluding hydrogens is 470 g/mol. The topological polar surface area (TPSA) is 104 Å². The number of amides is 2. The number of aromatic nitrogens is 2. The van der Waals surface area contributed by atoms with Gasteiger partial charge in [0.15, 0.2) is 11.6 Å². The summed E-state index contributed by atoms with van der Waals surface area (Å²) in [6.45, 7) is 3.64. The Morgan fingerprint density at radius 1 is 1.30 bits per heavy atom. The maximum Gasteiger partial charge on any atom is 0.416 e. The highest BCUT2D eigenvalue weighted by molar-refractivity contribution is 6.34. The van der Waals surface area contributed by atoms with E-state index in [2.05, 4.69) is 15.3 Å². The van der Waals surface area contributed by atoms with Gasteiger partial charge >= 0.3 is 12.2 Å². The lowest BCUT2D eigenvalue weighted by Gasteiger charge is -2.44. The molecule has 13 heteroatoms. The van der Waals surface area contributed by atoms with Crippen LogP contribution in [0.25, 0.3) is 11.0 Å². The van der Waals surface area contributed by atoms with Gasteiger partial charge in [-0.1, -0.05) is 11.6 Å². The van der Waals surface area contributed by atoms with Gasteiger partial charge in [0.25, 0.3) is 0 Å². The number of alkyl halides is 3. The van der Waals surface area contributed by atoms with E-state index in [0.717, 1.165) is 12.1 Å². The molecule has 4 rings (SSSR count). The molecule has 1 saturated heterocycles. The minimum Gasteiger partial charge on any atom is -0.457 e. The van der Waals surface area contributed by atoms with E-state index in [1.807, 2.05) is 5.32 Å². The molecule has 3 heterocycles. The fourth-order valence-electron chi connectivity index (χ4n) is 3.60.